The summed E-state index contributed by atoms with van der Waals surface area (Å²) in [7, 11) is 0. The molecular weight excluding hydrogens is 476 g/mol. The minimum absolute atomic E-state index is 0.0557. The van der Waals surface area contributed by atoms with Crippen LogP contribution in [0.15, 0.2) is 60.8 Å². The fraction of sp³-hybridized carbons (Fsp3) is 0.452. The van der Waals surface area contributed by atoms with Crippen LogP contribution in [0.1, 0.15) is 60.8 Å². The Labute approximate surface area is 227 Å². The van der Waals surface area contributed by atoms with Gasteiger partial charge < -0.3 is 21.3 Å². The van der Waals surface area contributed by atoms with Gasteiger partial charge in [0, 0.05) is 23.5 Å². The topological polar surface area (TPSA) is 99.3 Å². The van der Waals surface area contributed by atoms with Crippen LogP contribution in [0.25, 0.3) is 11.1 Å². The second-order valence-electron chi connectivity index (χ2n) is 11.1. The summed E-state index contributed by atoms with van der Waals surface area (Å²) < 4.78 is 0. The molecular formula is C31H44N4O3. The summed E-state index contributed by atoms with van der Waals surface area (Å²) in [6.45, 7) is 16.4. The number of hydrogen-bond acceptors (Lipinski definition) is 4. The van der Waals surface area contributed by atoms with E-state index in [0.717, 1.165) is 28.9 Å². The Balaban J connectivity index is 1.95. The van der Waals surface area contributed by atoms with E-state index in [1.807, 2.05) is 62.4 Å². The van der Waals surface area contributed by atoms with E-state index >= 15 is 0 Å². The van der Waals surface area contributed by atoms with Gasteiger partial charge in [0.25, 0.3) is 0 Å². The van der Waals surface area contributed by atoms with Gasteiger partial charge in [0.05, 0.1) is 6.54 Å². The molecule has 0 aromatic heterocycles. The van der Waals surface area contributed by atoms with Gasteiger partial charge in [0.15, 0.2) is 0 Å². The molecule has 0 aliphatic heterocycles. The molecule has 0 saturated heterocycles. The molecule has 2 rings (SSSR count). The Kier molecular flexibility index (Phi) is 12.1. The van der Waals surface area contributed by atoms with Crippen LogP contribution in [-0.4, -0.2) is 30.3 Å². The fourth-order valence-electron chi connectivity index (χ4n) is 4.05. The normalized spacial score (nSPS) is 11.8. The van der Waals surface area contributed by atoms with Crippen LogP contribution in [0.4, 0.5) is 11.4 Å². The van der Waals surface area contributed by atoms with E-state index in [1.54, 1.807) is 0 Å². The van der Waals surface area contributed by atoms with Gasteiger partial charge >= 0.3 is 0 Å². The maximum Gasteiger partial charge on any atom is 0.246 e. The smallest absolute Gasteiger partial charge is 0.246 e. The number of amides is 3. The summed E-state index contributed by atoms with van der Waals surface area (Å²) in [4.78, 5) is 36.9. The Hall–Kier alpha value is -3.61. The second kappa shape index (κ2) is 15.0. The zero-order valence-electron chi connectivity index (χ0n) is 23.7. The van der Waals surface area contributed by atoms with Crippen LogP contribution in [0.2, 0.25) is 0 Å². The van der Waals surface area contributed by atoms with Gasteiger partial charge in [0.1, 0.15) is 6.04 Å². The van der Waals surface area contributed by atoms with Gasteiger partial charge in [-0.1, -0.05) is 72.4 Å². The fourth-order valence-corrected chi connectivity index (χ4v) is 4.05. The number of hydrogen-bond donors (Lipinski definition) is 4. The van der Waals surface area contributed by atoms with Crippen molar-refractivity contribution in [2.24, 2.45) is 17.8 Å². The molecule has 0 spiro atoms. The van der Waals surface area contributed by atoms with E-state index in [1.165, 1.54) is 0 Å². The Bertz CT molecular complexity index is 1070. The predicted octanol–water partition coefficient (Wildman–Crippen LogP) is 5.96. The second-order valence-corrected chi connectivity index (χ2v) is 11.1. The van der Waals surface area contributed by atoms with Crippen LogP contribution >= 0.6 is 0 Å². The number of carbonyl (C=O) groups is 3. The third-order valence-corrected chi connectivity index (χ3v) is 5.75. The Morgan fingerprint density at radius 1 is 0.684 bits per heavy atom. The predicted molar refractivity (Wildman–Crippen MR) is 157 cm³/mol. The lowest BCUT2D eigenvalue weighted by atomic mass is 10.0. The minimum Gasteiger partial charge on any atom is -0.378 e. The first-order chi connectivity index (χ1) is 17.9. The molecule has 0 saturated carbocycles. The number of nitrogens with one attached hydrogen (secondary N) is 4. The van der Waals surface area contributed by atoms with E-state index in [2.05, 4.69) is 55.5 Å². The summed E-state index contributed by atoms with van der Waals surface area (Å²) in [5.74, 6) is 0.606. The average molecular weight is 521 g/mol. The molecule has 0 radical (unpaired) electrons. The highest BCUT2D eigenvalue weighted by molar-refractivity contribution is 5.96. The molecule has 1 atom stereocenters. The molecule has 7 nitrogen and oxygen atoms in total. The van der Waals surface area contributed by atoms with Crippen LogP contribution in [0.5, 0.6) is 0 Å². The van der Waals surface area contributed by atoms with E-state index in [-0.39, 0.29) is 36.2 Å². The van der Waals surface area contributed by atoms with Crippen molar-refractivity contribution < 1.29 is 14.4 Å². The highest BCUT2D eigenvalue weighted by Gasteiger charge is 2.20. The first kappa shape index (κ1) is 30.6. The van der Waals surface area contributed by atoms with Crippen molar-refractivity contribution in [3.63, 3.8) is 0 Å². The van der Waals surface area contributed by atoms with Crippen molar-refractivity contribution in [2.45, 2.75) is 66.8 Å². The van der Waals surface area contributed by atoms with Crippen LogP contribution in [0.3, 0.4) is 0 Å². The third kappa shape index (κ3) is 11.2. The summed E-state index contributed by atoms with van der Waals surface area (Å²) in [5.41, 5.74) is 4.24. The molecule has 2 aromatic carbocycles. The first-order valence-electron chi connectivity index (χ1n) is 13.4. The summed E-state index contributed by atoms with van der Waals surface area (Å²) in [6, 6.07) is 14.8. The molecule has 3 amide bonds. The van der Waals surface area contributed by atoms with E-state index in [4.69, 9.17) is 0 Å². The van der Waals surface area contributed by atoms with Gasteiger partial charge in [-0.3, -0.25) is 14.4 Å². The Morgan fingerprint density at radius 2 is 1.18 bits per heavy atom. The third-order valence-electron chi connectivity index (χ3n) is 5.75. The van der Waals surface area contributed by atoms with E-state index in [0.29, 0.717) is 30.4 Å². The van der Waals surface area contributed by atoms with Gasteiger partial charge in [-0.2, -0.15) is 0 Å². The molecule has 0 bridgehead atoms. The van der Waals surface area contributed by atoms with Crippen LogP contribution in [0, 0.1) is 17.8 Å². The van der Waals surface area contributed by atoms with Crippen molar-refractivity contribution in [3.05, 3.63) is 60.8 Å². The van der Waals surface area contributed by atoms with Crippen molar-refractivity contribution in [2.75, 3.05) is 17.2 Å². The summed E-state index contributed by atoms with van der Waals surface area (Å²) in [5, 5.41) is 11.8. The molecule has 0 aliphatic carbocycles. The number of carbonyl (C=O) groups excluding carboxylic acids is 3. The molecule has 2 aromatic rings. The molecule has 38 heavy (non-hydrogen) atoms. The van der Waals surface area contributed by atoms with Gasteiger partial charge in [-0.25, -0.2) is 0 Å². The summed E-state index contributed by atoms with van der Waals surface area (Å²) in [6.07, 6.45) is 1.94. The standard InChI is InChI=1S/C31H44N4O3/c1-20(2)16-23(7)33-28(17-21(3)4)31(38)35-27-14-10-25(11-15-27)24-8-12-26(13-9-24)34-30(37)19-32-29(36)18-22(5)6/h8-15,20-22,28,33H,7,16-19H2,1-6H3,(H,32,36)(H,34,37)(H,35,38). The van der Waals surface area contributed by atoms with Crippen LogP contribution < -0.4 is 21.3 Å². The number of benzene rings is 2. The van der Waals surface area contributed by atoms with Crippen molar-refractivity contribution >= 4 is 29.1 Å². The number of allylic oxidation sites excluding steroid dienone is 1. The highest BCUT2D eigenvalue weighted by Crippen LogP contribution is 2.23. The van der Waals surface area contributed by atoms with Gasteiger partial charge in [-0.05, 0) is 66.0 Å². The highest BCUT2D eigenvalue weighted by atomic mass is 16.2. The maximum absolute atomic E-state index is 13.0. The molecule has 4 N–H and O–H groups in total. The summed E-state index contributed by atoms with van der Waals surface area (Å²) >= 11 is 0. The zero-order valence-corrected chi connectivity index (χ0v) is 23.7. The quantitative estimate of drug-likeness (QED) is 0.247. The zero-order chi connectivity index (χ0) is 28.2. The van der Waals surface area contributed by atoms with E-state index < -0.39 is 0 Å². The lowest BCUT2D eigenvalue weighted by molar-refractivity contribution is -0.124. The lowest BCUT2D eigenvalue weighted by Crippen LogP contribution is -2.41. The monoisotopic (exact) mass is 520 g/mol. The molecule has 206 valence electrons. The SMILES string of the molecule is C=C(CC(C)C)NC(CC(C)C)C(=O)Nc1ccc(-c2ccc(NC(=O)CNC(=O)CC(C)C)cc2)cc1. The van der Waals surface area contributed by atoms with E-state index in [9.17, 15) is 14.4 Å². The van der Waals surface area contributed by atoms with Crippen molar-refractivity contribution in [1.82, 2.24) is 10.6 Å². The minimum atomic E-state index is -0.341. The molecule has 1 unspecified atom stereocenters. The van der Waals surface area contributed by atoms with Crippen molar-refractivity contribution in [1.29, 1.82) is 0 Å². The molecule has 0 aliphatic rings. The Morgan fingerprint density at radius 3 is 1.66 bits per heavy atom. The van der Waals surface area contributed by atoms with Crippen LogP contribution in [-0.2, 0) is 14.4 Å². The maximum atomic E-state index is 13.0. The molecule has 7 heteroatoms. The van der Waals surface area contributed by atoms with Gasteiger partial charge in [0.2, 0.25) is 17.7 Å². The molecule has 0 heterocycles. The number of rotatable bonds is 14. The van der Waals surface area contributed by atoms with Crippen molar-refractivity contribution in [3.8, 4) is 11.1 Å². The number of anilines is 2. The lowest BCUT2D eigenvalue weighted by Gasteiger charge is -2.23. The molecule has 0 fully saturated rings. The first-order valence-corrected chi connectivity index (χ1v) is 13.4. The van der Waals surface area contributed by atoms with Gasteiger partial charge in [-0.15, -0.1) is 0 Å². The largest absolute Gasteiger partial charge is 0.378 e. The average Bonchev–Trinajstić information content (AvgIpc) is 2.82.